The zero-order valence-corrected chi connectivity index (χ0v) is 19.4. The van der Waals surface area contributed by atoms with E-state index >= 15 is 0 Å². The highest BCUT2D eigenvalue weighted by molar-refractivity contribution is 5.87. The van der Waals surface area contributed by atoms with E-state index in [0.29, 0.717) is 0 Å². The molecule has 12 heteroatoms. The van der Waals surface area contributed by atoms with Crippen LogP contribution in [0.4, 0.5) is 13.2 Å². The van der Waals surface area contributed by atoms with Crippen molar-refractivity contribution >= 4 is 23.8 Å². The normalized spacial score (nSPS) is 12.2. The lowest BCUT2D eigenvalue weighted by molar-refractivity contribution is -0.192. The van der Waals surface area contributed by atoms with Crippen LogP contribution in [0.25, 0.3) is 0 Å². The van der Waals surface area contributed by atoms with E-state index in [9.17, 15) is 27.6 Å². The van der Waals surface area contributed by atoms with Gasteiger partial charge < -0.3 is 25.6 Å². The van der Waals surface area contributed by atoms with Crippen molar-refractivity contribution in [2.75, 3.05) is 0 Å². The number of carboxylic acids is 1. The van der Waals surface area contributed by atoms with Crippen LogP contribution in [0.1, 0.15) is 30.9 Å². The quantitative estimate of drug-likeness (QED) is 0.412. The Balaban J connectivity index is 0.000000809. The summed E-state index contributed by atoms with van der Waals surface area (Å²) in [5, 5.41) is 9.66. The Bertz CT molecular complexity index is 984. The summed E-state index contributed by atoms with van der Waals surface area (Å²) in [7, 11) is 0. The second-order valence-electron chi connectivity index (χ2n) is 7.43. The molecule has 0 fully saturated rings. The molecule has 0 aliphatic rings. The fraction of sp³-hybridized carbons (Fsp3) is 0.333. The molecular weight excluding hydrogens is 485 g/mol. The Morgan fingerprint density at radius 1 is 0.917 bits per heavy atom. The third-order valence-electron chi connectivity index (χ3n) is 4.36. The number of hydrogen-bond donors (Lipinski definition) is 3. The largest absolute Gasteiger partial charge is 0.490 e. The molecule has 36 heavy (non-hydrogen) atoms. The van der Waals surface area contributed by atoms with Gasteiger partial charge in [-0.05, 0) is 24.5 Å². The fourth-order valence-electron chi connectivity index (χ4n) is 2.45. The maximum absolute atomic E-state index is 12.4. The summed E-state index contributed by atoms with van der Waals surface area (Å²) in [5.41, 5.74) is 7.25. The van der Waals surface area contributed by atoms with Crippen molar-refractivity contribution in [2.45, 2.75) is 51.2 Å². The fourth-order valence-corrected chi connectivity index (χ4v) is 2.45. The standard InChI is InChI=1S/C22H26N2O5.C2HF3O2/c1-16(23)21(26)24-19(22(27)29-15-18-10-6-3-7-11-18)12-13-20(25)28-14-17-8-4-2-5-9-17;3-2(4,5)1(6)7/h2-11,16,19H,12-15,23H2,1H3,(H,24,26);(H,6,7)/t16-,19+;/m0./s1. The zero-order chi connectivity index (χ0) is 27.1. The minimum Gasteiger partial charge on any atom is -0.475 e. The van der Waals surface area contributed by atoms with Crippen molar-refractivity contribution in [3.05, 3.63) is 71.8 Å². The molecule has 0 unspecified atom stereocenters. The summed E-state index contributed by atoms with van der Waals surface area (Å²) >= 11 is 0. The van der Waals surface area contributed by atoms with Crippen molar-refractivity contribution in [3.8, 4) is 0 Å². The first-order valence-corrected chi connectivity index (χ1v) is 10.7. The number of aliphatic carboxylic acids is 1. The van der Waals surface area contributed by atoms with Crippen LogP contribution in [0.5, 0.6) is 0 Å². The molecule has 0 aliphatic carbocycles. The Labute approximate surface area is 205 Å². The van der Waals surface area contributed by atoms with E-state index in [1.807, 2.05) is 60.7 Å². The van der Waals surface area contributed by atoms with Crippen molar-refractivity contribution < 1.29 is 46.9 Å². The minimum absolute atomic E-state index is 0.0445. The molecule has 2 rings (SSSR count). The second kappa shape index (κ2) is 15.1. The van der Waals surface area contributed by atoms with E-state index in [0.717, 1.165) is 11.1 Å². The number of ether oxygens (including phenoxy) is 2. The molecule has 2 aromatic carbocycles. The Hall–Kier alpha value is -3.93. The average molecular weight is 512 g/mol. The summed E-state index contributed by atoms with van der Waals surface area (Å²) in [5.74, 6) is -4.35. The van der Waals surface area contributed by atoms with Crippen LogP contribution in [0, 0.1) is 0 Å². The van der Waals surface area contributed by atoms with Gasteiger partial charge in [-0.1, -0.05) is 60.7 Å². The third kappa shape index (κ3) is 12.5. The van der Waals surface area contributed by atoms with Crippen LogP contribution in [-0.4, -0.2) is 47.2 Å². The molecule has 0 radical (unpaired) electrons. The van der Waals surface area contributed by atoms with E-state index < -0.39 is 42.1 Å². The van der Waals surface area contributed by atoms with Crippen LogP contribution in [0.3, 0.4) is 0 Å². The highest BCUT2D eigenvalue weighted by atomic mass is 19.4. The van der Waals surface area contributed by atoms with E-state index in [2.05, 4.69) is 5.32 Å². The summed E-state index contributed by atoms with van der Waals surface area (Å²) in [6.07, 6.45) is -5.07. The lowest BCUT2D eigenvalue weighted by atomic mass is 10.1. The number of hydrogen-bond acceptors (Lipinski definition) is 7. The van der Waals surface area contributed by atoms with Crippen LogP contribution in [0.2, 0.25) is 0 Å². The van der Waals surface area contributed by atoms with Crippen LogP contribution >= 0.6 is 0 Å². The van der Waals surface area contributed by atoms with E-state index in [1.54, 1.807) is 0 Å². The van der Waals surface area contributed by atoms with Crippen molar-refractivity contribution in [1.29, 1.82) is 0 Å². The Kier molecular flexibility index (Phi) is 12.7. The zero-order valence-electron chi connectivity index (χ0n) is 19.4. The Morgan fingerprint density at radius 2 is 1.36 bits per heavy atom. The van der Waals surface area contributed by atoms with E-state index in [1.165, 1.54) is 6.92 Å². The third-order valence-corrected chi connectivity index (χ3v) is 4.36. The highest BCUT2D eigenvalue weighted by Crippen LogP contribution is 2.13. The summed E-state index contributed by atoms with van der Waals surface area (Å²) in [4.78, 5) is 45.3. The molecule has 0 aliphatic heterocycles. The predicted molar refractivity (Wildman–Crippen MR) is 121 cm³/mol. The van der Waals surface area contributed by atoms with Crippen LogP contribution in [-0.2, 0) is 41.9 Å². The van der Waals surface area contributed by atoms with Crippen molar-refractivity contribution in [3.63, 3.8) is 0 Å². The number of benzene rings is 2. The molecule has 0 saturated heterocycles. The molecule has 2 aromatic rings. The number of nitrogens with one attached hydrogen (secondary N) is 1. The van der Waals surface area contributed by atoms with Gasteiger partial charge in [0, 0.05) is 6.42 Å². The van der Waals surface area contributed by atoms with Gasteiger partial charge in [0.05, 0.1) is 6.04 Å². The molecule has 0 heterocycles. The molecule has 4 N–H and O–H groups in total. The molecular formula is C24H27F3N2O7. The Morgan fingerprint density at radius 3 is 1.78 bits per heavy atom. The minimum atomic E-state index is -5.08. The lowest BCUT2D eigenvalue weighted by Crippen LogP contribution is -2.48. The number of amides is 1. The molecule has 2 atom stereocenters. The van der Waals surface area contributed by atoms with Gasteiger partial charge in [0.15, 0.2) is 0 Å². The number of carboxylic acid groups (broad SMARTS) is 1. The topological polar surface area (TPSA) is 145 Å². The maximum Gasteiger partial charge on any atom is 0.490 e. The van der Waals surface area contributed by atoms with Gasteiger partial charge >= 0.3 is 24.1 Å². The molecule has 9 nitrogen and oxygen atoms in total. The average Bonchev–Trinajstić information content (AvgIpc) is 2.84. The maximum atomic E-state index is 12.4. The van der Waals surface area contributed by atoms with E-state index in [-0.39, 0.29) is 26.1 Å². The smallest absolute Gasteiger partial charge is 0.475 e. The number of rotatable bonds is 10. The highest BCUT2D eigenvalue weighted by Gasteiger charge is 2.38. The molecule has 196 valence electrons. The second-order valence-corrected chi connectivity index (χ2v) is 7.43. The SMILES string of the molecule is C[C@H](N)C(=O)N[C@H](CCC(=O)OCc1ccccc1)C(=O)OCc1ccccc1.O=C(O)C(F)(F)F. The van der Waals surface area contributed by atoms with Crippen molar-refractivity contribution in [1.82, 2.24) is 5.32 Å². The van der Waals surface area contributed by atoms with Gasteiger partial charge in [-0.15, -0.1) is 0 Å². The van der Waals surface area contributed by atoms with Crippen LogP contribution in [0.15, 0.2) is 60.7 Å². The van der Waals surface area contributed by atoms with Gasteiger partial charge in [-0.3, -0.25) is 9.59 Å². The first kappa shape index (κ1) is 30.1. The number of halogens is 3. The van der Waals surface area contributed by atoms with Gasteiger partial charge in [-0.2, -0.15) is 13.2 Å². The predicted octanol–water partition coefficient (Wildman–Crippen LogP) is 2.72. The molecule has 0 bridgehead atoms. The van der Waals surface area contributed by atoms with E-state index in [4.69, 9.17) is 25.1 Å². The van der Waals surface area contributed by atoms with Gasteiger partial charge in [-0.25, -0.2) is 9.59 Å². The summed E-state index contributed by atoms with van der Waals surface area (Å²) in [6.45, 7) is 1.73. The summed E-state index contributed by atoms with van der Waals surface area (Å²) in [6, 6.07) is 16.7. The number of carbonyl (C=O) groups is 4. The molecule has 0 saturated carbocycles. The number of alkyl halides is 3. The van der Waals surface area contributed by atoms with Crippen LogP contribution < -0.4 is 11.1 Å². The van der Waals surface area contributed by atoms with Crippen molar-refractivity contribution in [2.24, 2.45) is 5.73 Å². The number of nitrogens with two attached hydrogens (primary N) is 1. The molecule has 0 aromatic heterocycles. The lowest BCUT2D eigenvalue weighted by Gasteiger charge is -2.18. The monoisotopic (exact) mass is 512 g/mol. The summed E-state index contributed by atoms with van der Waals surface area (Å²) < 4.78 is 42.2. The van der Waals surface area contributed by atoms with Gasteiger partial charge in [0.1, 0.15) is 19.3 Å². The van der Waals surface area contributed by atoms with Gasteiger partial charge in [0.2, 0.25) is 5.91 Å². The first-order valence-electron chi connectivity index (χ1n) is 10.7. The number of esters is 2. The molecule has 1 amide bonds. The molecule has 0 spiro atoms. The number of carbonyl (C=O) groups excluding carboxylic acids is 3. The van der Waals surface area contributed by atoms with Gasteiger partial charge in [0.25, 0.3) is 0 Å². The first-order chi connectivity index (χ1) is 16.9.